The molecule has 0 spiro atoms. The third-order valence-electron chi connectivity index (χ3n) is 3.12. The van der Waals surface area contributed by atoms with Crippen molar-refractivity contribution in [2.75, 3.05) is 0 Å². The van der Waals surface area contributed by atoms with Gasteiger partial charge in [0.2, 0.25) is 0 Å². The minimum absolute atomic E-state index is 0.0494. The second-order valence-corrected chi connectivity index (χ2v) is 4.17. The summed E-state index contributed by atoms with van der Waals surface area (Å²) < 4.78 is 0. The fourth-order valence-electron chi connectivity index (χ4n) is 1.88. The minimum Gasteiger partial charge on any atom is -0.393 e. The molecule has 1 nitrogen and oxygen atoms in total. The molecule has 1 saturated carbocycles. The van der Waals surface area contributed by atoms with Gasteiger partial charge >= 0.3 is 0 Å². The van der Waals surface area contributed by atoms with E-state index in [9.17, 15) is 5.11 Å². The molecule has 70 valence electrons. The number of rotatable bonds is 1. The lowest BCUT2D eigenvalue weighted by molar-refractivity contribution is 0.0746. The molecule has 1 aliphatic carbocycles. The first kappa shape index (κ1) is 8.76. The zero-order chi connectivity index (χ0) is 9.42. The monoisotopic (exact) mass is 176 g/mol. The predicted molar refractivity (Wildman–Crippen MR) is 53.9 cm³/mol. The summed E-state index contributed by atoms with van der Waals surface area (Å²) in [5, 5.41) is 9.20. The molecule has 1 aliphatic rings. The van der Waals surface area contributed by atoms with Gasteiger partial charge in [0.1, 0.15) is 0 Å². The maximum Gasteiger partial charge on any atom is 0.0552 e. The van der Waals surface area contributed by atoms with E-state index in [0.717, 1.165) is 12.8 Å². The number of aliphatic hydroxyl groups is 1. The van der Waals surface area contributed by atoms with Crippen molar-refractivity contribution in [1.82, 2.24) is 0 Å². The second kappa shape index (κ2) is 3.15. The van der Waals surface area contributed by atoms with Crippen LogP contribution in [0, 0.1) is 13.8 Å². The summed E-state index contributed by atoms with van der Waals surface area (Å²) in [6, 6.07) is 6.63. The Morgan fingerprint density at radius 2 is 1.85 bits per heavy atom. The summed E-state index contributed by atoms with van der Waals surface area (Å²) >= 11 is 0. The molecule has 0 aliphatic heterocycles. The van der Waals surface area contributed by atoms with Crippen molar-refractivity contribution in [3.05, 3.63) is 34.9 Å². The summed E-state index contributed by atoms with van der Waals surface area (Å²) in [7, 11) is 0. The maximum absolute atomic E-state index is 9.20. The Morgan fingerprint density at radius 3 is 2.38 bits per heavy atom. The molecule has 13 heavy (non-hydrogen) atoms. The highest BCUT2D eigenvalue weighted by Gasteiger charge is 2.28. The van der Waals surface area contributed by atoms with Crippen molar-refractivity contribution in [1.29, 1.82) is 0 Å². The molecule has 1 fully saturated rings. The molecule has 0 aromatic heterocycles. The molecule has 0 atom stereocenters. The molecule has 2 rings (SSSR count). The third kappa shape index (κ3) is 1.61. The smallest absolute Gasteiger partial charge is 0.0552 e. The third-order valence-corrected chi connectivity index (χ3v) is 3.12. The Kier molecular flexibility index (Phi) is 2.12. The summed E-state index contributed by atoms with van der Waals surface area (Å²) in [5.41, 5.74) is 4.11. The van der Waals surface area contributed by atoms with Gasteiger partial charge in [0.25, 0.3) is 0 Å². The largest absolute Gasteiger partial charge is 0.393 e. The van der Waals surface area contributed by atoms with Crippen LogP contribution in [0.3, 0.4) is 0 Å². The fourth-order valence-corrected chi connectivity index (χ4v) is 1.88. The van der Waals surface area contributed by atoms with Crippen molar-refractivity contribution in [2.45, 2.75) is 38.7 Å². The highest BCUT2D eigenvalue weighted by atomic mass is 16.3. The van der Waals surface area contributed by atoms with Crippen LogP contribution in [0.5, 0.6) is 0 Å². The standard InChI is InChI=1S/C12H16O/c1-8-3-4-10(5-9(8)2)11-6-12(13)7-11/h3-5,11-13H,6-7H2,1-2H3. The van der Waals surface area contributed by atoms with Gasteiger partial charge in [-0.25, -0.2) is 0 Å². The van der Waals surface area contributed by atoms with Gasteiger partial charge in [0.15, 0.2) is 0 Å². The van der Waals surface area contributed by atoms with Crippen molar-refractivity contribution in [3.63, 3.8) is 0 Å². The van der Waals surface area contributed by atoms with Gasteiger partial charge in [-0.15, -0.1) is 0 Å². The minimum atomic E-state index is -0.0494. The van der Waals surface area contributed by atoms with E-state index in [4.69, 9.17) is 0 Å². The number of aryl methyl sites for hydroxylation is 2. The summed E-state index contributed by atoms with van der Waals surface area (Å²) in [6.45, 7) is 4.28. The van der Waals surface area contributed by atoms with E-state index >= 15 is 0 Å². The molecule has 0 bridgehead atoms. The molecule has 1 aromatic carbocycles. The Balaban J connectivity index is 2.18. The zero-order valence-corrected chi connectivity index (χ0v) is 8.25. The number of benzene rings is 1. The van der Waals surface area contributed by atoms with E-state index in [1.165, 1.54) is 16.7 Å². The van der Waals surface area contributed by atoms with E-state index < -0.39 is 0 Å². The molecule has 0 unspecified atom stereocenters. The van der Waals surface area contributed by atoms with Gasteiger partial charge in [-0.1, -0.05) is 18.2 Å². The molecular weight excluding hydrogens is 160 g/mol. The molecule has 1 N–H and O–H groups in total. The van der Waals surface area contributed by atoms with Crippen LogP contribution < -0.4 is 0 Å². The first-order valence-corrected chi connectivity index (χ1v) is 4.92. The maximum atomic E-state index is 9.20. The average molecular weight is 176 g/mol. The molecule has 1 aromatic rings. The molecule has 0 amide bonds. The van der Waals surface area contributed by atoms with Gasteiger partial charge in [0, 0.05) is 0 Å². The van der Waals surface area contributed by atoms with Crippen molar-refractivity contribution in [2.24, 2.45) is 0 Å². The van der Waals surface area contributed by atoms with Gasteiger partial charge in [-0.05, 0) is 49.3 Å². The Morgan fingerprint density at radius 1 is 1.15 bits per heavy atom. The Bertz CT molecular complexity index is 311. The Labute approximate surface area is 79.4 Å². The molecule has 0 saturated heterocycles. The fraction of sp³-hybridized carbons (Fsp3) is 0.500. The van der Waals surface area contributed by atoms with E-state index in [0.29, 0.717) is 5.92 Å². The normalized spacial score (nSPS) is 27.0. The molecule has 1 heteroatoms. The lowest BCUT2D eigenvalue weighted by Crippen LogP contribution is -2.26. The highest BCUT2D eigenvalue weighted by Crippen LogP contribution is 2.37. The summed E-state index contributed by atoms with van der Waals surface area (Å²) in [5.74, 6) is 0.606. The lowest BCUT2D eigenvalue weighted by atomic mass is 9.77. The van der Waals surface area contributed by atoms with Crippen LogP contribution >= 0.6 is 0 Å². The van der Waals surface area contributed by atoms with Crippen LogP contribution in [0.1, 0.15) is 35.4 Å². The van der Waals surface area contributed by atoms with Gasteiger partial charge in [-0.3, -0.25) is 0 Å². The second-order valence-electron chi connectivity index (χ2n) is 4.17. The molecule has 0 heterocycles. The first-order valence-electron chi connectivity index (χ1n) is 4.92. The average Bonchev–Trinajstić information content (AvgIpc) is 2.05. The van der Waals surface area contributed by atoms with Crippen LogP contribution in [-0.2, 0) is 0 Å². The van der Waals surface area contributed by atoms with Crippen LogP contribution in [-0.4, -0.2) is 11.2 Å². The van der Waals surface area contributed by atoms with E-state index in [1.54, 1.807) is 0 Å². The van der Waals surface area contributed by atoms with Crippen LogP contribution in [0.25, 0.3) is 0 Å². The van der Waals surface area contributed by atoms with Crippen molar-refractivity contribution in [3.8, 4) is 0 Å². The van der Waals surface area contributed by atoms with Crippen LogP contribution in [0.15, 0.2) is 18.2 Å². The van der Waals surface area contributed by atoms with E-state index in [2.05, 4.69) is 32.0 Å². The zero-order valence-electron chi connectivity index (χ0n) is 8.25. The summed E-state index contributed by atoms with van der Waals surface area (Å²) in [4.78, 5) is 0. The van der Waals surface area contributed by atoms with E-state index in [-0.39, 0.29) is 6.10 Å². The molecule has 0 radical (unpaired) electrons. The van der Waals surface area contributed by atoms with Gasteiger partial charge < -0.3 is 5.11 Å². The highest BCUT2D eigenvalue weighted by molar-refractivity contribution is 5.33. The van der Waals surface area contributed by atoms with Crippen LogP contribution in [0.2, 0.25) is 0 Å². The van der Waals surface area contributed by atoms with Crippen LogP contribution in [0.4, 0.5) is 0 Å². The SMILES string of the molecule is Cc1ccc(C2CC(O)C2)cc1C. The van der Waals surface area contributed by atoms with E-state index in [1.807, 2.05) is 0 Å². The van der Waals surface area contributed by atoms with Gasteiger partial charge in [0.05, 0.1) is 6.10 Å². The van der Waals surface area contributed by atoms with Crippen molar-refractivity contribution >= 4 is 0 Å². The Hall–Kier alpha value is -0.820. The molecular formula is C12H16O. The topological polar surface area (TPSA) is 20.2 Å². The first-order chi connectivity index (χ1) is 6.16. The lowest BCUT2D eigenvalue weighted by Gasteiger charge is -2.32. The summed E-state index contributed by atoms with van der Waals surface area (Å²) in [6.07, 6.45) is 1.84. The number of hydrogen-bond donors (Lipinski definition) is 1. The predicted octanol–water partition coefficient (Wildman–Crippen LogP) is 2.54. The quantitative estimate of drug-likeness (QED) is 0.697. The van der Waals surface area contributed by atoms with Gasteiger partial charge in [-0.2, -0.15) is 0 Å². The number of hydrogen-bond acceptors (Lipinski definition) is 1. The van der Waals surface area contributed by atoms with Crippen molar-refractivity contribution < 1.29 is 5.11 Å². The number of aliphatic hydroxyl groups excluding tert-OH is 1.